The number of nitrogens with one attached hydrogen (secondary N) is 1. The number of nitro groups is 1. The molecule has 1 heterocycles. The highest BCUT2D eigenvalue weighted by Crippen LogP contribution is 2.26. The van der Waals surface area contributed by atoms with Crippen LogP contribution >= 0.6 is 22.6 Å². The Balaban J connectivity index is 2.31. The summed E-state index contributed by atoms with van der Waals surface area (Å²) >= 11 is 2.17. The number of benzene rings is 1. The predicted molar refractivity (Wildman–Crippen MR) is 77.9 cm³/mol. The molecule has 0 atom stereocenters. The Kier molecular flexibility index (Phi) is 4.12. The van der Waals surface area contributed by atoms with Gasteiger partial charge in [-0.05, 0) is 46.9 Å². The number of aromatic nitrogens is 1. The molecular weight excluding hydrogens is 363 g/mol. The van der Waals surface area contributed by atoms with Crippen LogP contribution < -0.4 is 16.0 Å². The maximum Gasteiger partial charge on any atom is 0.278 e. The number of pyridine rings is 1. The van der Waals surface area contributed by atoms with Crippen molar-refractivity contribution in [2.75, 3.05) is 5.43 Å². The zero-order chi connectivity index (χ0) is 13.8. The Hall–Kier alpha value is -1.94. The Morgan fingerprint density at radius 3 is 2.58 bits per heavy atom. The number of hydrogen-bond acceptors (Lipinski definition) is 6. The fraction of sp³-hybridized carbons (Fsp3) is 0. The summed E-state index contributed by atoms with van der Waals surface area (Å²) in [5.74, 6) is 6.01. The van der Waals surface area contributed by atoms with E-state index in [1.165, 1.54) is 12.1 Å². The first-order valence-electron chi connectivity index (χ1n) is 5.15. The number of nitrogen functional groups attached to an aromatic ring is 1. The van der Waals surface area contributed by atoms with Crippen LogP contribution in [-0.2, 0) is 0 Å². The van der Waals surface area contributed by atoms with E-state index in [9.17, 15) is 10.1 Å². The first kappa shape index (κ1) is 13.5. The Bertz CT molecular complexity index is 603. The normalized spacial score (nSPS) is 10.0. The van der Waals surface area contributed by atoms with Gasteiger partial charge in [-0.2, -0.15) is 4.98 Å². The van der Waals surface area contributed by atoms with Gasteiger partial charge >= 0.3 is 0 Å². The minimum atomic E-state index is -0.538. The van der Waals surface area contributed by atoms with Crippen molar-refractivity contribution < 1.29 is 9.66 Å². The van der Waals surface area contributed by atoms with E-state index in [2.05, 4.69) is 33.0 Å². The lowest BCUT2D eigenvalue weighted by Crippen LogP contribution is -2.09. The molecule has 0 fully saturated rings. The molecule has 2 rings (SSSR count). The SMILES string of the molecule is NNc1cc([N+](=O)[O-])cc(Oc2ccc(I)cc2)n1. The van der Waals surface area contributed by atoms with E-state index in [-0.39, 0.29) is 17.4 Å². The van der Waals surface area contributed by atoms with Crippen molar-refractivity contribution in [3.05, 3.63) is 50.1 Å². The maximum absolute atomic E-state index is 10.8. The number of anilines is 1. The predicted octanol–water partition coefficient (Wildman–Crippen LogP) is 2.67. The number of hydrazine groups is 1. The van der Waals surface area contributed by atoms with Crippen LogP contribution in [0.2, 0.25) is 0 Å². The zero-order valence-corrected chi connectivity index (χ0v) is 11.7. The third-order valence-electron chi connectivity index (χ3n) is 2.18. The number of ether oxygens (including phenoxy) is 1. The summed E-state index contributed by atoms with van der Waals surface area (Å²) < 4.78 is 6.51. The van der Waals surface area contributed by atoms with Crippen molar-refractivity contribution in [1.29, 1.82) is 0 Å². The molecule has 2 aromatic rings. The quantitative estimate of drug-likeness (QED) is 0.370. The molecule has 1 aromatic heterocycles. The van der Waals surface area contributed by atoms with E-state index < -0.39 is 4.92 Å². The summed E-state index contributed by atoms with van der Waals surface area (Å²) in [5.41, 5.74) is 2.11. The number of rotatable bonds is 4. The molecule has 0 radical (unpaired) electrons. The van der Waals surface area contributed by atoms with Gasteiger partial charge < -0.3 is 10.2 Å². The lowest BCUT2D eigenvalue weighted by atomic mass is 10.3. The molecule has 0 aliphatic carbocycles. The minimum Gasteiger partial charge on any atom is -0.439 e. The zero-order valence-electron chi connectivity index (χ0n) is 9.54. The van der Waals surface area contributed by atoms with E-state index in [1.54, 1.807) is 12.1 Å². The molecule has 0 saturated carbocycles. The molecule has 0 amide bonds. The van der Waals surface area contributed by atoms with Gasteiger partial charge in [0.25, 0.3) is 5.69 Å². The van der Waals surface area contributed by atoms with Gasteiger partial charge in [-0.25, -0.2) is 5.84 Å². The largest absolute Gasteiger partial charge is 0.439 e. The van der Waals surface area contributed by atoms with E-state index in [0.717, 1.165) is 3.57 Å². The molecular formula is C11H9IN4O3. The van der Waals surface area contributed by atoms with Crippen LogP contribution in [0.1, 0.15) is 0 Å². The standard InChI is InChI=1S/C11H9IN4O3/c12-7-1-3-9(4-2-7)19-11-6-8(16(17)18)5-10(14-11)15-13/h1-6H,13H2,(H,14,15). The second-order valence-corrected chi connectivity index (χ2v) is 4.75. The summed E-state index contributed by atoms with van der Waals surface area (Å²) in [7, 11) is 0. The smallest absolute Gasteiger partial charge is 0.278 e. The summed E-state index contributed by atoms with van der Waals surface area (Å²) in [6.45, 7) is 0. The molecule has 8 heteroatoms. The van der Waals surface area contributed by atoms with Gasteiger partial charge in [-0.3, -0.25) is 10.1 Å². The van der Waals surface area contributed by atoms with Crippen molar-refractivity contribution in [2.45, 2.75) is 0 Å². The molecule has 0 bridgehead atoms. The van der Waals surface area contributed by atoms with Crippen molar-refractivity contribution >= 4 is 34.1 Å². The third-order valence-corrected chi connectivity index (χ3v) is 2.90. The molecule has 0 unspecified atom stereocenters. The topological polar surface area (TPSA) is 103 Å². The highest BCUT2D eigenvalue weighted by Gasteiger charge is 2.12. The molecule has 98 valence electrons. The van der Waals surface area contributed by atoms with Crippen LogP contribution in [0.5, 0.6) is 11.6 Å². The Labute approximate surface area is 122 Å². The van der Waals surface area contributed by atoms with Crippen molar-refractivity contribution in [3.8, 4) is 11.6 Å². The summed E-state index contributed by atoms with van der Waals surface area (Å²) in [4.78, 5) is 14.2. The van der Waals surface area contributed by atoms with Gasteiger partial charge in [0.15, 0.2) is 5.82 Å². The van der Waals surface area contributed by atoms with Gasteiger partial charge in [0.2, 0.25) is 5.88 Å². The van der Waals surface area contributed by atoms with E-state index in [4.69, 9.17) is 10.6 Å². The molecule has 19 heavy (non-hydrogen) atoms. The average Bonchev–Trinajstić information content (AvgIpc) is 2.41. The van der Waals surface area contributed by atoms with Gasteiger partial charge in [0.1, 0.15) is 5.75 Å². The van der Waals surface area contributed by atoms with Gasteiger partial charge in [-0.1, -0.05) is 0 Å². The van der Waals surface area contributed by atoms with Gasteiger partial charge in [0.05, 0.1) is 17.1 Å². The summed E-state index contributed by atoms with van der Waals surface area (Å²) in [6.07, 6.45) is 0. The number of nitrogens with zero attached hydrogens (tertiary/aromatic N) is 2. The Morgan fingerprint density at radius 1 is 1.32 bits per heavy atom. The minimum absolute atomic E-state index is 0.100. The fourth-order valence-electron chi connectivity index (χ4n) is 1.35. The second kappa shape index (κ2) is 5.80. The summed E-state index contributed by atoms with van der Waals surface area (Å²) in [6, 6.07) is 9.67. The van der Waals surface area contributed by atoms with Gasteiger partial charge in [-0.15, -0.1) is 0 Å². The van der Waals surface area contributed by atoms with Crippen molar-refractivity contribution in [3.63, 3.8) is 0 Å². The van der Waals surface area contributed by atoms with Crippen LogP contribution in [0.4, 0.5) is 11.5 Å². The van der Waals surface area contributed by atoms with E-state index in [0.29, 0.717) is 5.75 Å². The highest BCUT2D eigenvalue weighted by atomic mass is 127. The number of hydrogen-bond donors (Lipinski definition) is 2. The van der Waals surface area contributed by atoms with E-state index in [1.807, 2.05) is 12.1 Å². The molecule has 0 aliphatic rings. The van der Waals surface area contributed by atoms with E-state index >= 15 is 0 Å². The highest BCUT2D eigenvalue weighted by molar-refractivity contribution is 14.1. The Morgan fingerprint density at radius 2 is 2.00 bits per heavy atom. The monoisotopic (exact) mass is 372 g/mol. The second-order valence-electron chi connectivity index (χ2n) is 3.51. The molecule has 0 saturated heterocycles. The first-order chi connectivity index (χ1) is 9.08. The molecule has 0 spiro atoms. The van der Waals surface area contributed by atoms with Crippen LogP contribution in [0.3, 0.4) is 0 Å². The molecule has 3 N–H and O–H groups in total. The van der Waals surface area contributed by atoms with Crippen LogP contribution in [0.15, 0.2) is 36.4 Å². The molecule has 7 nitrogen and oxygen atoms in total. The number of nitrogens with two attached hydrogens (primary N) is 1. The number of halogens is 1. The van der Waals surface area contributed by atoms with Crippen molar-refractivity contribution in [1.82, 2.24) is 4.98 Å². The molecule has 1 aromatic carbocycles. The first-order valence-corrected chi connectivity index (χ1v) is 6.23. The average molecular weight is 372 g/mol. The third kappa shape index (κ3) is 3.51. The van der Waals surface area contributed by atoms with Crippen LogP contribution in [0.25, 0.3) is 0 Å². The van der Waals surface area contributed by atoms with Crippen molar-refractivity contribution in [2.24, 2.45) is 5.84 Å². The van der Waals surface area contributed by atoms with Crippen LogP contribution in [0, 0.1) is 13.7 Å². The molecule has 0 aliphatic heterocycles. The van der Waals surface area contributed by atoms with Crippen LogP contribution in [-0.4, -0.2) is 9.91 Å². The van der Waals surface area contributed by atoms with Gasteiger partial charge in [0, 0.05) is 3.57 Å². The maximum atomic E-state index is 10.8. The lowest BCUT2D eigenvalue weighted by Gasteiger charge is -2.06. The lowest BCUT2D eigenvalue weighted by molar-refractivity contribution is -0.384. The summed E-state index contributed by atoms with van der Waals surface area (Å²) in [5, 5.41) is 10.8. The fourth-order valence-corrected chi connectivity index (χ4v) is 1.71.